The van der Waals surface area contributed by atoms with Crippen LogP contribution in [0.2, 0.25) is 0 Å². The first-order valence-electron chi connectivity index (χ1n) is 10.6. The zero-order valence-electron chi connectivity index (χ0n) is 19.4. The van der Waals surface area contributed by atoms with Gasteiger partial charge in [-0.15, -0.1) is 0 Å². The number of carbonyl (C=O) groups excluding carboxylic acids is 3. The maximum absolute atomic E-state index is 14.0. The molecule has 11 nitrogen and oxygen atoms in total. The average Bonchev–Trinajstić information content (AvgIpc) is 3.15. The Kier molecular flexibility index (Phi) is 11.0. The molecule has 4 amide bonds. The van der Waals surface area contributed by atoms with Gasteiger partial charge in [0.1, 0.15) is 28.8 Å². The van der Waals surface area contributed by atoms with Gasteiger partial charge in [0.25, 0.3) is 5.91 Å². The van der Waals surface area contributed by atoms with E-state index in [0.717, 1.165) is 12.1 Å². The lowest BCUT2D eigenvalue weighted by molar-refractivity contribution is -0.131. The van der Waals surface area contributed by atoms with Gasteiger partial charge in [-0.3, -0.25) is 14.9 Å². The molecule has 15 heteroatoms. The number of ether oxygens (including phenoxy) is 1. The number of aliphatic hydroxyl groups is 2. The molecule has 0 spiro atoms. The van der Waals surface area contributed by atoms with E-state index in [4.69, 9.17) is 10.5 Å². The summed E-state index contributed by atoms with van der Waals surface area (Å²) in [6, 6.07) is 1.36. The number of aromatic nitrogens is 1. The molecule has 0 bridgehead atoms. The van der Waals surface area contributed by atoms with Gasteiger partial charge in [-0.25, -0.2) is 13.6 Å². The fourth-order valence-electron chi connectivity index (χ4n) is 2.93. The van der Waals surface area contributed by atoms with Gasteiger partial charge in [0, 0.05) is 25.1 Å². The Morgan fingerprint density at radius 1 is 1.22 bits per heavy atom. The lowest BCUT2D eigenvalue weighted by Crippen LogP contribution is -2.33. The van der Waals surface area contributed by atoms with Crippen LogP contribution in [0.15, 0.2) is 16.6 Å². The van der Waals surface area contributed by atoms with Gasteiger partial charge in [0.2, 0.25) is 11.8 Å². The summed E-state index contributed by atoms with van der Waals surface area (Å²) >= 11 is 3.65. The molecular weight excluding hydrogens is 568 g/mol. The van der Waals surface area contributed by atoms with Crippen molar-refractivity contribution in [3.63, 3.8) is 0 Å². The number of anilines is 1. The smallest absolute Gasteiger partial charge is 0.319 e. The molecule has 6 N–H and O–H groups in total. The van der Waals surface area contributed by atoms with Crippen molar-refractivity contribution in [3.05, 3.63) is 39.4 Å². The number of nitrogens with zero attached hydrogens (tertiary/aromatic N) is 2. The highest BCUT2D eigenvalue weighted by Crippen LogP contribution is 2.31. The van der Waals surface area contributed by atoms with Crippen LogP contribution in [0.3, 0.4) is 0 Å². The van der Waals surface area contributed by atoms with Crippen LogP contribution in [0.25, 0.3) is 0 Å². The predicted molar refractivity (Wildman–Crippen MR) is 131 cm³/mol. The topological polar surface area (TPSA) is 167 Å². The van der Waals surface area contributed by atoms with Gasteiger partial charge in [-0.2, -0.15) is 4.37 Å². The molecule has 2 unspecified atom stereocenters. The Labute approximate surface area is 217 Å². The van der Waals surface area contributed by atoms with E-state index in [0.29, 0.717) is 11.5 Å². The SMILES string of the molecule is CN(C)C(=O)CC(O)CC(O)CCNC(=O)Nc1snc(OCc2c(F)cc(Br)cc2F)c1C(N)=O. The minimum absolute atomic E-state index is 0.0114. The highest BCUT2D eigenvalue weighted by atomic mass is 79.9. The Hall–Kier alpha value is -2.88. The first-order chi connectivity index (χ1) is 16.9. The molecule has 0 saturated carbocycles. The second-order valence-corrected chi connectivity index (χ2v) is 9.59. The Morgan fingerprint density at radius 3 is 2.44 bits per heavy atom. The number of nitrogens with one attached hydrogen (secondary N) is 2. The number of nitrogens with two attached hydrogens (primary N) is 1. The molecule has 36 heavy (non-hydrogen) atoms. The normalized spacial score (nSPS) is 12.5. The fraction of sp³-hybridized carbons (Fsp3) is 0.429. The molecule has 2 atom stereocenters. The number of hydrogen-bond acceptors (Lipinski definition) is 8. The van der Waals surface area contributed by atoms with E-state index in [1.54, 1.807) is 14.1 Å². The van der Waals surface area contributed by atoms with Gasteiger partial charge in [-0.05, 0) is 36.5 Å². The van der Waals surface area contributed by atoms with Crippen molar-refractivity contribution in [1.29, 1.82) is 0 Å². The maximum atomic E-state index is 14.0. The molecule has 2 aromatic rings. The minimum atomic E-state index is -1.03. The molecule has 1 heterocycles. The largest absolute Gasteiger partial charge is 0.471 e. The van der Waals surface area contributed by atoms with E-state index in [9.17, 15) is 33.4 Å². The van der Waals surface area contributed by atoms with E-state index in [1.165, 1.54) is 4.90 Å². The number of amides is 4. The van der Waals surface area contributed by atoms with Crippen LogP contribution in [0, 0.1) is 11.6 Å². The van der Waals surface area contributed by atoms with Crippen molar-refractivity contribution in [1.82, 2.24) is 14.6 Å². The zero-order chi connectivity index (χ0) is 27.0. The minimum Gasteiger partial charge on any atom is -0.471 e. The summed E-state index contributed by atoms with van der Waals surface area (Å²) in [6.45, 7) is -0.567. The number of aliphatic hydroxyl groups excluding tert-OH is 2. The van der Waals surface area contributed by atoms with Crippen molar-refractivity contribution in [3.8, 4) is 5.88 Å². The summed E-state index contributed by atoms with van der Waals surface area (Å²) in [6.07, 6.45) is -2.10. The zero-order valence-corrected chi connectivity index (χ0v) is 21.8. The molecule has 0 radical (unpaired) electrons. The lowest BCUT2D eigenvalue weighted by atomic mass is 10.1. The third-order valence-electron chi connectivity index (χ3n) is 4.81. The Morgan fingerprint density at radius 2 is 1.86 bits per heavy atom. The molecule has 0 saturated heterocycles. The molecule has 2 rings (SSSR count). The third-order valence-corrected chi connectivity index (χ3v) is 6.01. The van der Waals surface area contributed by atoms with Gasteiger partial charge < -0.3 is 30.9 Å². The number of urea groups is 1. The summed E-state index contributed by atoms with van der Waals surface area (Å²) in [4.78, 5) is 37.0. The summed E-state index contributed by atoms with van der Waals surface area (Å²) in [5, 5.41) is 24.7. The number of carbonyl (C=O) groups is 3. The van der Waals surface area contributed by atoms with E-state index < -0.39 is 42.4 Å². The highest BCUT2D eigenvalue weighted by Gasteiger charge is 2.23. The summed E-state index contributed by atoms with van der Waals surface area (Å²) in [5.41, 5.74) is 4.70. The number of halogens is 3. The van der Waals surface area contributed by atoms with Crippen LogP contribution in [0.1, 0.15) is 35.2 Å². The van der Waals surface area contributed by atoms with E-state index in [2.05, 4.69) is 30.9 Å². The molecule has 1 aromatic carbocycles. The van der Waals surface area contributed by atoms with E-state index in [1.807, 2.05) is 0 Å². The molecular formula is C21H26BrF2N5O6S. The number of rotatable bonds is 12. The molecule has 0 aliphatic heterocycles. The van der Waals surface area contributed by atoms with Crippen LogP contribution in [-0.2, 0) is 11.4 Å². The molecule has 0 aliphatic carbocycles. The molecule has 0 aliphatic rings. The third kappa shape index (κ3) is 8.65. The number of benzene rings is 1. The van der Waals surface area contributed by atoms with Crippen LogP contribution in [-0.4, -0.2) is 70.2 Å². The van der Waals surface area contributed by atoms with Crippen molar-refractivity contribution < 1.29 is 38.1 Å². The summed E-state index contributed by atoms with van der Waals surface area (Å²) in [7, 11) is 3.11. The quantitative estimate of drug-likeness (QED) is 0.251. The average molecular weight is 594 g/mol. The van der Waals surface area contributed by atoms with Gasteiger partial charge in [-0.1, -0.05) is 15.9 Å². The van der Waals surface area contributed by atoms with Crippen LogP contribution < -0.4 is 21.1 Å². The van der Waals surface area contributed by atoms with Crippen LogP contribution >= 0.6 is 27.5 Å². The van der Waals surface area contributed by atoms with Crippen LogP contribution in [0.4, 0.5) is 18.6 Å². The van der Waals surface area contributed by atoms with Gasteiger partial charge in [0.15, 0.2) is 0 Å². The molecule has 0 fully saturated rings. The summed E-state index contributed by atoms with van der Waals surface area (Å²) in [5.74, 6) is -3.30. The second-order valence-electron chi connectivity index (χ2n) is 7.90. The van der Waals surface area contributed by atoms with Gasteiger partial charge in [0.05, 0.1) is 24.2 Å². The number of hydrogen-bond donors (Lipinski definition) is 5. The van der Waals surface area contributed by atoms with Crippen molar-refractivity contribution in [2.24, 2.45) is 5.73 Å². The highest BCUT2D eigenvalue weighted by molar-refractivity contribution is 9.10. The first kappa shape index (κ1) is 29.4. The lowest BCUT2D eigenvalue weighted by Gasteiger charge is -2.17. The monoisotopic (exact) mass is 593 g/mol. The standard InChI is InChI=1S/C21H26BrF2N5O6S/c1-29(2)16(32)8-12(31)7-11(30)3-4-26-21(34)27-20-17(18(25)33)19(28-36-20)35-9-13-14(23)5-10(22)6-15(13)24/h5-6,11-12,30-31H,3-4,7-9H2,1-2H3,(H2,25,33)(H2,26,27,34). The van der Waals surface area contributed by atoms with Crippen molar-refractivity contribution >= 4 is 50.3 Å². The van der Waals surface area contributed by atoms with E-state index >= 15 is 0 Å². The maximum Gasteiger partial charge on any atom is 0.319 e. The Bertz CT molecular complexity index is 1080. The van der Waals surface area contributed by atoms with E-state index in [-0.39, 0.29) is 58.2 Å². The van der Waals surface area contributed by atoms with Crippen molar-refractivity contribution in [2.75, 3.05) is 26.0 Å². The second kappa shape index (κ2) is 13.4. The number of primary amides is 1. The fourth-order valence-corrected chi connectivity index (χ4v) is 4.06. The molecule has 1 aromatic heterocycles. The van der Waals surface area contributed by atoms with Gasteiger partial charge >= 0.3 is 6.03 Å². The summed E-state index contributed by atoms with van der Waals surface area (Å²) < 4.78 is 37.4. The Balaban J connectivity index is 1.90. The van der Waals surface area contributed by atoms with Crippen LogP contribution in [0.5, 0.6) is 5.88 Å². The predicted octanol–water partition coefficient (Wildman–Crippen LogP) is 1.96. The van der Waals surface area contributed by atoms with Crippen molar-refractivity contribution in [2.45, 2.75) is 38.1 Å². The molecule has 198 valence electrons. The first-order valence-corrected chi connectivity index (χ1v) is 12.1.